The highest BCUT2D eigenvalue weighted by Gasteiger charge is 2.23. The fraction of sp³-hybridized carbons (Fsp3) is 0.423. The number of hydrogen-bond acceptors (Lipinski definition) is 5. The van der Waals surface area contributed by atoms with E-state index in [1.807, 2.05) is 32.2 Å². The number of anilines is 1. The third-order valence-corrected chi connectivity index (χ3v) is 6.43. The number of ether oxygens (including phenoxy) is 1. The molecular weight excluding hydrogens is 430 g/mol. The first-order valence-corrected chi connectivity index (χ1v) is 11.8. The lowest BCUT2D eigenvalue weighted by Crippen LogP contribution is -2.40. The summed E-state index contributed by atoms with van der Waals surface area (Å²) in [6.07, 6.45) is 1.82. The third-order valence-electron chi connectivity index (χ3n) is 6.43. The first kappa shape index (κ1) is 23.6. The molecule has 34 heavy (non-hydrogen) atoms. The summed E-state index contributed by atoms with van der Waals surface area (Å²) >= 11 is 0. The number of hydrogen-bond donors (Lipinski definition) is 3. The Morgan fingerprint density at radius 1 is 1.24 bits per heavy atom. The van der Waals surface area contributed by atoms with Gasteiger partial charge < -0.3 is 24.6 Å². The number of piperidine rings is 1. The molecule has 0 unspecified atom stereocenters. The van der Waals surface area contributed by atoms with E-state index >= 15 is 0 Å². The number of carboxylic acid groups (broad SMARTS) is 1. The minimum atomic E-state index is -0.930. The molecule has 1 saturated heterocycles. The minimum absolute atomic E-state index is 0.0845. The molecular formula is C26H33N5O3. The van der Waals surface area contributed by atoms with Crippen molar-refractivity contribution in [2.24, 2.45) is 7.05 Å². The molecule has 1 aliphatic rings. The number of benzene rings is 2. The number of aromatic nitrogens is 2. The maximum atomic E-state index is 11.1. The number of nitrogens with one attached hydrogen (secondary N) is 2. The summed E-state index contributed by atoms with van der Waals surface area (Å²) in [5, 5.41) is 20.5. The van der Waals surface area contributed by atoms with Gasteiger partial charge in [0.15, 0.2) is 0 Å². The lowest BCUT2D eigenvalue weighted by atomic mass is 10.1. The van der Waals surface area contributed by atoms with Crippen LogP contribution in [0.5, 0.6) is 5.75 Å². The van der Waals surface area contributed by atoms with E-state index in [9.17, 15) is 4.79 Å². The predicted molar refractivity (Wildman–Crippen MR) is 134 cm³/mol. The van der Waals surface area contributed by atoms with Crippen molar-refractivity contribution in [3.8, 4) is 5.75 Å². The van der Waals surface area contributed by atoms with Gasteiger partial charge in [0, 0.05) is 51.5 Å². The Balaban J connectivity index is 1.60. The molecule has 0 saturated carbocycles. The fourth-order valence-electron chi connectivity index (χ4n) is 4.44. The van der Waals surface area contributed by atoms with Crippen molar-refractivity contribution in [3.63, 3.8) is 0 Å². The van der Waals surface area contributed by atoms with Crippen LogP contribution >= 0.6 is 0 Å². The van der Waals surface area contributed by atoms with Crippen molar-refractivity contribution in [2.45, 2.75) is 52.2 Å². The zero-order valence-electron chi connectivity index (χ0n) is 20.3. The number of likely N-dealkylation sites (tertiary alicyclic amines) is 1. The highest BCUT2D eigenvalue weighted by molar-refractivity contribution is 5.87. The second-order valence-electron chi connectivity index (χ2n) is 9.27. The first-order valence-electron chi connectivity index (χ1n) is 11.8. The van der Waals surface area contributed by atoms with Gasteiger partial charge in [-0.3, -0.25) is 5.41 Å². The summed E-state index contributed by atoms with van der Waals surface area (Å²) < 4.78 is 8.64. The van der Waals surface area contributed by atoms with Crippen LogP contribution in [0.2, 0.25) is 0 Å². The molecule has 3 aromatic rings. The highest BCUT2D eigenvalue weighted by Crippen LogP contribution is 2.34. The predicted octanol–water partition coefficient (Wildman–Crippen LogP) is 4.85. The Hall–Kier alpha value is -3.55. The van der Waals surface area contributed by atoms with Gasteiger partial charge in [0.25, 0.3) is 0 Å². The lowest BCUT2D eigenvalue weighted by molar-refractivity contribution is 0.0697. The average molecular weight is 464 g/mol. The summed E-state index contributed by atoms with van der Waals surface area (Å²) in [5.74, 6) is 1.79. The number of carbonyl (C=O) groups is 1. The van der Waals surface area contributed by atoms with Gasteiger partial charge in [-0.2, -0.15) is 0 Å². The van der Waals surface area contributed by atoms with Crippen molar-refractivity contribution < 1.29 is 14.6 Å². The second kappa shape index (κ2) is 9.75. The van der Waals surface area contributed by atoms with E-state index in [1.54, 1.807) is 12.1 Å². The Bertz CT molecular complexity index is 1190. The minimum Gasteiger partial charge on any atom is -0.488 e. The molecule has 0 spiro atoms. The van der Waals surface area contributed by atoms with E-state index in [2.05, 4.69) is 34.7 Å². The van der Waals surface area contributed by atoms with Gasteiger partial charge in [0.2, 0.25) is 0 Å². The van der Waals surface area contributed by atoms with E-state index in [0.29, 0.717) is 18.3 Å². The fourth-order valence-corrected chi connectivity index (χ4v) is 4.44. The number of aromatic carboxylic acids is 1. The summed E-state index contributed by atoms with van der Waals surface area (Å²) in [6.45, 7) is 8.29. The monoisotopic (exact) mass is 463 g/mol. The van der Waals surface area contributed by atoms with E-state index in [-0.39, 0.29) is 11.7 Å². The number of fused-ring (bicyclic) bond motifs is 1. The molecule has 1 fully saturated rings. The molecule has 2 heterocycles. The van der Waals surface area contributed by atoms with E-state index in [0.717, 1.165) is 59.8 Å². The van der Waals surface area contributed by atoms with Gasteiger partial charge in [-0.15, -0.1) is 0 Å². The standard InChI is InChI=1S/C26H33N5O3/c1-16(2)25-29-21-13-22(28-15-18-5-7-19(8-6-18)26(32)33)24(14-23(21)30(25)4)34-20-9-11-31(12-10-20)17(3)27/h5-8,13-14,16,20,27-28H,9-12,15H2,1-4H3,(H,32,33). The van der Waals surface area contributed by atoms with Crippen molar-refractivity contribution in [3.05, 3.63) is 53.3 Å². The molecule has 1 aliphatic heterocycles. The normalized spacial score (nSPS) is 14.6. The van der Waals surface area contributed by atoms with Crippen LogP contribution in [-0.2, 0) is 13.6 Å². The average Bonchev–Trinajstić information content (AvgIpc) is 3.14. The van der Waals surface area contributed by atoms with E-state index < -0.39 is 5.97 Å². The molecule has 2 aromatic carbocycles. The molecule has 0 radical (unpaired) electrons. The molecule has 1 aromatic heterocycles. The molecule has 0 amide bonds. The largest absolute Gasteiger partial charge is 0.488 e. The number of carboxylic acids is 1. The smallest absolute Gasteiger partial charge is 0.335 e. The molecule has 8 heteroatoms. The molecule has 0 bridgehead atoms. The van der Waals surface area contributed by atoms with Crippen LogP contribution in [0.3, 0.4) is 0 Å². The lowest BCUT2D eigenvalue weighted by Gasteiger charge is -2.33. The summed E-state index contributed by atoms with van der Waals surface area (Å²) in [5.41, 5.74) is 4.07. The molecule has 0 atom stereocenters. The Labute approximate surface area is 200 Å². The Morgan fingerprint density at radius 3 is 2.50 bits per heavy atom. The van der Waals surface area contributed by atoms with Crippen LogP contribution in [0.4, 0.5) is 5.69 Å². The summed E-state index contributed by atoms with van der Waals surface area (Å²) in [6, 6.07) is 11.0. The van der Waals surface area contributed by atoms with Crippen molar-refractivity contribution >= 4 is 28.5 Å². The van der Waals surface area contributed by atoms with Crippen molar-refractivity contribution in [2.75, 3.05) is 18.4 Å². The zero-order chi connectivity index (χ0) is 24.4. The molecule has 4 rings (SSSR count). The van der Waals surface area contributed by atoms with Gasteiger partial charge in [-0.1, -0.05) is 26.0 Å². The number of imidazole rings is 1. The molecule has 180 valence electrons. The maximum absolute atomic E-state index is 11.1. The van der Waals surface area contributed by atoms with E-state index in [1.165, 1.54) is 0 Å². The van der Waals surface area contributed by atoms with Gasteiger partial charge in [-0.05, 0) is 30.7 Å². The van der Waals surface area contributed by atoms with Crippen LogP contribution in [0.15, 0.2) is 36.4 Å². The number of amidine groups is 1. The molecule has 8 nitrogen and oxygen atoms in total. The topological polar surface area (TPSA) is 103 Å². The first-order chi connectivity index (χ1) is 16.2. The highest BCUT2D eigenvalue weighted by atomic mass is 16.5. The summed E-state index contributed by atoms with van der Waals surface area (Å²) in [7, 11) is 2.04. The zero-order valence-corrected chi connectivity index (χ0v) is 20.3. The number of rotatable bonds is 7. The third kappa shape index (κ3) is 5.00. The van der Waals surface area contributed by atoms with Crippen LogP contribution in [0, 0.1) is 5.41 Å². The molecule has 3 N–H and O–H groups in total. The summed E-state index contributed by atoms with van der Waals surface area (Å²) in [4.78, 5) is 18.1. The quantitative estimate of drug-likeness (QED) is 0.342. The van der Waals surface area contributed by atoms with E-state index in [4.69, 9.17) is 20.2 Å². The van der Waals surface area contributed by atoms with Crippen LogP contribution in [0.1, 0.15) is 61.3 Å². The van der Waals surface area contributed by atoms with Crippen LogP contribution in [-0.4, -0.2) is 50.6 Å². The SMILES string of the molecule is CC(=N)N1CCC(Oc2cc3c(cc2NCc2ccc(C(=O)O)cc2)nc(C(C)C)n3C)CC1. The van der Waals surface area contributed by atoms with Gasteiger partial charge in [0.1, 0.15) is 17.7 Å². The van der Waals surface area contributed by atoms with Crippen LogP contribution in [0.25, 0.3) is 11.0 Å². The Kier molecular flexibility index (Phi) is 6.77. The van der Waals surface area contributed by atoms with Crippen molar-refractivity contribution in [1.82, 2.24) is 14.5 Å². The Morgan fingerprint density at radius 2 is 1.91 bits per heavy atom. The maximum Gasteiger partial charge on any atom is 0.335 e. The van der Waals surface area contributed by atoms with Gasteiger partial charge >= 0.3 is 5.97 Å². The molecule has 0 aliphatic carbocycles. The van der Waals surface area contributed by atoms with Gasteiger partial charge in [0.05, 0.1) is 28.1 Å². The second-order valence-corrected chi connectivity index (χ2v) is 9.27. The number of nitrogens with zero attached hydrogens (tertiary/aromatic N) is 3. The van der Waals surface area contributed by atoms with Crippen LogP contribution < -0.4 is 10.1 Å². The van der Waals surface area contributed by atoms with Gasteiger partial charge in [-0.25, -0.2) is 9.78 Å². The number of aryl methyl sites for hydroxylation is 1. The van der Waals surface area contributed by atoms with Crippen molar-refractivity contribution in [1.29, 1.82) is 5.41 Å².